The minimum Gasteiger partial charge on any atom is -0.444 e. The molecular formula is C77H92Cl6N18O11. The zero-order chi connectivity index (χ0) is 82.5. The van der Waals surface area contributed by atoms with Crippen LogP contribution in [0, 0.1) is 4.91 Å². The summed E-state index contributed by atoms with van der Waals surface area (Å²) in [5.74, 6) is 2.13. The highest BCUT2D eigenvalue weighted by atomic mass is 35.5. The van der Waals surface area contributed by atoms with Crippen molar-refractivity contribution < 1.29 is 33.5 Å². The van der Waals surface area contributed by atoms with Gasteiger partial charge in [-0.2, -0.15) is 0 Å². The topological polar surface area (TPSA) is 317 Å². The molecule has 0 atom stereocenters. The van der Waals surface area contributed by atoms with E-state index in [1.807, 2.05) is 41.5 Å². The minimum absolute atomic E-state index is 0.0724. The third-order valence-electron chi connectivity index (χ3n) is 16.9. The molecule has 9 aromatic rings. The Labute approximate surface area is 678 Å². The molecule has 3 saturated heterocycles. The number of allylic oxidation sites excluding steroid dienone is 1. The third kappa shape index (κ3) is 25.2. The van der Waals surface area contributed by atoms with Crippen LogP contribution < -0.4 is 37.1 Å². The molecule has 3 amide bonds. The van der Waals surface area contributed by atoms with Gasteiger partial charge in [-0.3, -0.25) is 37.7 Å². The maximum atomic E-state index is 12.3. The number of nitrogens with zero attached hydrogens (tertiary/aromatic N) is 17. The predicted octanol–water partition coefficient (Wildman–Crippen LogP) is 13.9. The quantitative estimate of drug-likeness (QED) is 0.0390. The summed E-state index contributed by atoms with van der Waals surface area (Å²) >= 11 is 35.9. The van der Waals surface area contributed by atoms with Gasteiger partial charge in [-0.15, -0.1) is 4.91 Å². The lowest BCUT2D eigenvalue weighted by Crippen LogP contribution is -2.50. The lowest BCUT2D eigenvalue weighted by Gasteiger charge is -2.36. The van der Waals surface area contributed by atoms with Crippen molar-refractivity contribution in [2.45, 2.75) is 99.9 Å². The number of pyridine rings is 3. The monoisotopic (exact) mass is 1650 g/mol. The van der Waals surface area contributed by atoms with E-state index in [-0.39, 0.29) is 34.8 Å². The number of nitrogens with two attached hydrogens (primary N) is 1. The summed E-state index contributed by atoms with van der Waals surface area (Å²) in [6.45, 7) is 40.0. The van der Waals surface area contributed by atoms with Crippen LogP contribution in [0.5, 0.6) is 0 Å². The molecule has 35 heteroatoms. The summed E-state index contributed by atoms with van der Waals surface area (Å²) in [7, 11) is 0. The van der Waals surface area contributed by atoms with Gasteiger partial charge in [-0.05, 0) is 160 Å². The number of ether oxygens (including phenoxy) is 2. The fraction of sp³-hybridized carbons (Fsp3) is 0.390. The molecule has 598 valence electrons. The number of halogens is 6. The van der Waals surface area contributed by atoms with Crippen LogP contribution in [0.3, 0.4) is 0 Å². The molecule has 0 aliphatic carbocycles. The van der Waals surface area contributed by atoms with Crippen molar-refractivity contribution in [3.63, 3.8) is 0 Å². The van der Waals surface area contributed by atoms with Crippen LogP contribution in [0.2, 0.25) is 25.1 Å². The van der Waals surface area contributed by atoms with Crippen LogP contribution in [-0.4, -0.2) is 202 Å². The van der Waals surface area contributed by atoms with E-state index in [1.165, 1.54) is 113 Å². The Bertz CT molecular complexity index is 4820. The third-order valence-corrected chi connectivity index (χ3v) is 18.3. The van der Waals surface area contributed by atoms with E-state index in [2.05, 4.69) is 93.6 Å². The molecule has 0 unspecified atom stereocenters. The number of rotatable bonds is 12. The van der Waals surface area contributed by atoms with Crippen molar-refractivity contribution in [3.8, 4) is 17.1 Å². The molecule has 29 nitrogen and oxygen atoms in total. The maximum absolute atomic E-state index is 12.3. The summed E-state index contributed by atoms with van der Waals surface area (Å²) in [4.78, 5) is 137. The molecule has 3 aliphatic heterocycles. The van der Waals surface area contributed by atoms with Crippen molar-refractivity contribution in [1.82, 2.24) is 63.2 Å². The first kappa shape index (κ1) is 89.2. The molecule has 0 spiro atoms. The number of anilines is 4. The number of hydrogen-bond acceptors (Lipinski definition) is 23. The van der Waals surface area contributed by atoms with Crippen molar-refractivity contribution >= 4 is 149 Å². The van der Waals surface area contributed by atoms with Crippen LogP contribution in [0.15, 0.2) is 155 Å². The number of nitrogen functional groups attached to an aromatic ring is 1. The largest absolute Gasteiger partial charge is 0.444 e. The Hall–Kier alpha value is -10.0. The molecule has 6 aromatic heterocycles. The van der Waals surface area contributed by atoms with Gasteiger partial charge in [0.25, 0.3) is 16.7 Å². The number of carbonyl (C=O) groups excluding carboxylic acids is 4. The normalized spacial score (nSPS) is 13.7. The van der Waals surface area contributed by atoms with Gasteiger partial charge in [0.15, 0.2) is 5.34 Å². The highest BCUT2D eigenvalue weighted by Gasteiger charge is 2.30. The molecule has 112 heavy (non-hydrogen) atoms. The number of amides is 3. The van der Waals surface area contributed by atoms with Gasteiger partial charge in [0, 0.05) is 131 Å². The lowest BCUT2D eigenvalue weighted by atomic mass is 10.1. The van der Waals surface area contributed by atoms with E-state index >= 15 is 0 Å². The number of benzene rings is 3. The molecule has 0 saturated carbocycles. The van der Waals surface area contributed by atoms with Gasteiger partial charge in [-0.1, -0.05) is 91.9 Å². The van der Waals surface area contributed by atoms with Gasteiger partial charge in [0.05, 0.1) is 64.4 Å². The number of fused-ring (bicyclic) bond motifs is 3. The van der Waals surface area contributed by atoms with Crippen LogP contribution in [0.25, 0.3) is 49.8 Å². The summed E-state index contributed by atoms with van der Waals surface area (Å²) in [6.07, 6.45) is 10.8. The second-order valence-electron chi connectivity index (χ2n) is 28.2. The number of piperazine rings is 3. The molecular weight excluding hydrogens is 1570 g/mol. The second-order valence-corrected chi connectivity index (χ2v) is 30.7. The molecule has 0 radical (unpaired) electrons. The second kappa shape index (κ2) is 40.5. The number of carbonyl (C=O) groups is 4. The van der Waals surface area contributed by atoms with E-state index in [0.717, 1.165) is 39.7 Å². The van der Waals surface area contributed by atoms with E-state index in [4.69, 9.17) is 84.8 Å². The zero-order valence-corrected chi connectivity index (χ0v) is 69.0. The van der Waals surface area contributed by atoms with Gasteiger partial charge < -0.3 is 54.3 Å². The van der Waals surface area contributed by atoms with Crippen LogP contribution in [-0.2, 0) is 23.9 Å². The highest BCUT2D eigenvalue weighted by molar-refractivity contribution is 6.66. The molecule has 12 rings (SSSR count). The maximum Gasteiger partial charge on any atom is 0.410 e. The number of aromatic nitrogens is 9. The van der Waals surface area contributed by atoms with Crippen molar-refractivity contribution in [2.75, 3.05) is 119 Å². The van der Waals surface area contributed by atoms with Crippen LogP contribution in [0.4, 0.5) is 32.7 Å². The Morgan fingerprint density at radius 1 is 0.473 bits per heavy atom. The van der Waals surface area contributed by atoms with E-state index in [1.54, 1.807) is 71.9 Å². The first-order valence-electron chi connectivity index (χ1n) is 35.7. The summed E-state index contributed by atoms with van der Waals surface area (Å²) < 4.78 is 15.1. The average molecular weight is 1660 g/mol. The fourth-order valence-electron chi connectivity index (χ4n) is 11.4. The molecule has 0 bridgehead atoms. The smallest absolute Gasteiger partial charge is 0.410 e. The van der Waals surface area contributed by atoms with Crippen molar-refractivity contribution in [3.05, 3.63) is 197 Å². The molecule has 9 heterocycles. The van der Waals surface area contributed by atoms with Crippen molar-refractivity contribution in [1.29, 1.82) is 0 Å². The predicted molar refractivity (Wildman–Crippen MR) is 445 cm³/mol. The molecule has 3 aliphatic rings. The first-order chi connectivity index (χ1) is 52.9. The fourth-order valence-corrected chi connectivity index (χ4v) is 12.4. The lowest BCUT2D eigenvalue weighted by molar-refractivity contribution is -0.126. The van der Waals surface area contributed by atoms with Gasteiger partial charge in [0.2, 0.25) is 11.1 Å². The standard InChI is InChI=1S/C22H23Cl2N5O3.C22H25ClN6O3.C20H17Cl2N5O2.C6H15N.C4H9NO2.C3H3ClO/c2*1-22(2,3)32-21(31)28-8-6-27(7-9-28)20-15-10-16(24)18(11-17(15)25-13-26-20)29-12-14(23)4-5-19(29)30;1-2-18(28)25-5-7-26(8-6-25)20-14-9-15(22)17(10-16(14)23-12-24-20)27-11-13(21)3-4-19(27)29;1-4-7(5-2)6-3;1-4(2,3)7-5-6;1-2-3(4)5/h4-5,10-13H,6-9H2,1-3H3;4-5,10-13H,6-9,24H2,1-3H3;2-4,9-12H,1,5-8H2;4-6H2,1-3H3;1-3H3;2H,1H2. The Kier molecular flexibility index (Phi) is 32.2. The van der Waals surface area contributed by atoms with Crippen LogP contribution in [0.1, 0.15) is 83.1 Å². The van der Waals surface area contributed by atoms with Gasteiger partial charge >= 0.3 is 12.2 Å². The summed E-state index contributed by atoms with van der Waals surface area (Å²) in [5.41, 5.74) is 7.95. The molecule has 3 aromatic carbocycles. The van der Waals surface area contributed by atoms with E-state index < -0.39 is 22.0 Å². The molecule has 2 N–H and O–H groups in total. The van der Waals surface area contributed by atoms with Gasteiger partial charge in [-0.25, -0.2) is 39.5 Å². The van der Waals surface area contributed by atoms with E-state index in [0.29, 0.717) is 143 Å². The first-order valence-corrected chi connectivity index (χ1v) is 37.9. The summed E-state index contributed by atoms with van der Waals surface area (Å²) in [6, 6.07) is 19.3. The minimum atomic E-state index is -0.531. The Morgan fingerprint density at radius 3 is 1.06 bits per heavy atom. The molecule has 3 fully saturated rings. The van der Waals surface area contributed by atoms with Crippen LogP contribution >= 0.6 is 69.6 Å². The van der Waals surface area contributed by atoms with Gasteiger partial charge in [0.1, 0.15) is 53.2 Å². The average Bonchev–Trinajstić information content (AvgIpc) is 0.782. The number of hydrogen-bond donors (Lipinski definition) is 1. The Morgan fingerprint density at radius 2 is 0.786 bits per heavy atom. The zero-order valence-electron chi connectivity index (χ0n) is 64.5. The van der Waals surface area contributed by atoms with E-state index in [9.17, 15) is 38.5 Å². The summed E-state index contributed by atoms with van der Waals surface area (Å²) in [5, 5.41) is 6.11. The Balaban J connectivity index is 0.000000208. The highest BCUT2D eigenvalue weighted by Crippen LogP contribution is 2.35. The van der Waals surface area contributed by atoms with Crippen molar-refractivity contribution in [2.24, 2.45) is 5.34 Å². The SMILES string of the molecule is C=CC(=O)Cl.C=CC(=O)N1CCN(c2ncnc3cc(-n4cc(Cl)ccc4=O)c(Cl)cc23)CC1.CC(C)(C)OC(=O)N1CCN(c2ncnc3cc(-n4cc(Cl)ccc4=O)c(Cl)cc23)CC1.CC(C)(C)OC(=O)N1CCN(c2ncnc3cc(-n4cc(Cl)ccc4=O)c(N)cc23)CC1.CC(C)(C)ON=O.CCN(CC)CC.